The van der Waals surface area contributed by atoms with Gasteiger partial charge in [0.2, 0.25) is 5.82 Å². The van der Waals surface area contributed by atoms with Gasteiger partial charge in [-0.15, -0.1) is 10.2 Å². The predicted molar refractivity (Wildman–Crippen MR) is 90.1 cm³/mol. The van der Waals surface area contributed by atoms with Crippen molar-refractivity contribution in [3.63, 3.8) is 0 Å². The van der Waals surface area contributed by atoms with Crippen molar-refractivity contribution in [2.45, 2.75) is 6.54 Å². The Kier molecular flexibility index (Phi) is 3.77. The Labute approximate surface area is 147 Å². The fourth-order valence-electron chi connectivity index (χ4n) is 2.72. The molecule has 4 rings (SSSR count). The van der Waals surface area contributed by atoms with E-state index in [9.17, 15) is 9.59 Å². The summed E-state index contributed by atoms with van der Waals surface area (Å²) in [4.78, 5) is 27.2. The van der Waals surface area contributed by atoms with Crippen molar-refractivity contribution in [3.05, 3.63) is 64.7 Å². The molecular formula is C17H12ClN5O2. The molecule has 3 aromatic rings. The fourth-order valence-corrected chi connectivity index (χ4v) is 2.94. The van der Waals surface area contributed by atoms with Crippen molar-refractivity contribution in [3.8, 4) is 11.4 Å². The third-order valence-corrected chi connectivity index (χ3v) is 4.30. The predicted octanol–water partition coefficient (Wildman–Crippen LogP) is 2.29. The smallest absolute Gasteiger partial charge is 0.261 e. The maximum absolute atomic E-state index is 12.3. The number of benzene rings is 2. The summed E-state index contributed by atoms with van der Waals surface area (Å²) >= 11 is 6.12. The van der Waals surface area contributed by atoms with Crippen LogP contribution in [0.2, 0.25) is 5.02 Å². The number of hydrogen-bond donors (Lipinski definition) is 0. The molecule has 0 saturated carbocycles. The van der Waals surface area contributed by atoms with Crippen LogP contribution < -0.4 is 0 Å². The topological polar surface area (TPSA) is 81.0 Å². The molecule has 0 bridgehead atoms. The molecule has 1 aliphatic rings. The second-order valence-electron chi connectivity index (χ2n) is 5.50. The monoisotopic (exact) mass is 353 g/mol. The zero-order valence-electron chi connectivity index (χ0n) is 13.0. The van der Waals surface area contributed by atoms with Crippen LogP contribution >= 0.6 is 11.6 Å². The first-order chi connectivity index (χ1) is 12.1. The molecule has 0 radical (unpaired) electrons. The second kappa shape index (κ2) is 6.10. The van der Waals surface area contributed by atoms with Gasteiger partial charge in [-0.25, -0.2) is 0 Å². The molecule has 124 valence electrons. The van der Waals surface area contributed by atoms with Crippen LogP contribution in [0.5, 0.6) is 0 Å². The molecule has 0 spiro atoms. The van der Waals surface area contributed by atoms with Gasteiger partial charge in [-0.05, 0) is 29.5 Å². The third kappa shape index (κ3) is 2.68. The normalized spacial score (nSPS) is 13.4. The second-order valence-corrected chi connectivity index (χ2v) is 5.90. The van der Waals surface area contributed by atoms with Gasteiger partial charge < -0.3 is 0 Å². The van der Waals surface area contributed by atoms with Gasteiger partial charge in [0.1, 0.15) is 0 Å². The number of aromatic nitrogens is 4. The van der Waals surface area contributed by atoms with E-state index in [1.165, 1.54) is 9.70 Å². The van der Waals surface area contributed by atoms with E-state index in [1.54, 1.807) is 36.4 Å². The van der Waals surface area contributed by atoms with Gasteiger partial charge in [0.05, 0.1) is 29.2 Å². The van der Waals surface area contributed by atoms with E-state index in [0.29, 0.717) is 27.5 Å². The molecule has 25 heavy (non-hydrogen) atoms. The van der Waals surface area contributed by atoms with E-state index >= 15 is 0 Å². The van der Waals surface area contributed by atoms with Crippen LogP contribution in [-0.2, 0) is 6.54 Å². The zero-order chi connectivity index (χ0) is 17.4. The number of rotatable bonds is 4. The third-order valence-electron chi connectivity index (χ3n) is 3.97. The number of halogens is 1. The molecule has 2 amide bonds. The molecule has 2 aromatic carbocycles. The summed E-state index contributed by atoms with van der Waals surface area (Å²) in [5, 5.41) is 12.7. The highest BCUT2D eigenvalue weighted by molar-refractivity contribution is 6.33. The first-order valence-electron chi connectivity index (χ1n) is 7.63. The fraction of sp³-hybridized carbons (Fsp3) is 0.118. The number of carbonyl (C=O) groups excluding carboxylic acids is 2. The minimum atomic E-state index is -0.299. The van der Waals surface area contributed by atoms with Crippen molar-refractivity contribution in [1.82, 2.24) is 25.1 Å². The van der Waals surface area contributed by atoms with Crippen LogP contribution in [0.3, 0.4) is 0 Å². The number of nitrogens with zero attached hydrogens (tertiary/aromatic N) is 5. The van der Waals surface area contributed by atoms with E-state index in [2.05, 4.69) is 15.4 Å². The highest BCUT2D eigenvalue weighted by atomic mass is 35.5. The van der Waals surface area contributed by atoms with E-state index in [-0.39, 0.29) is 24.9 Å². The molecule has 0 saturated heterocycles. The lowest BCUT2D eigenvalue weighted by atomic mass is 10.1. The van der Waals surface area contributed by atoms with Crippen molar-refractivity contribution in [1.29, 1.82) is 0 Å². The van der Waals surface area contributed by atoms with Crippen molar-refractivity contribution in [2.75, 3.05) is 6.54 Å². The van der Waals surface area contributed by atoms with Crippen LogP contribution in [0, 0.1) is 0 Å². The average molecular weight is 354 g/mol. The molecule has 0 unspecified atom stereocenters. The Morgan fingerprint density at radius 3 is 2.08 bits per heavy atom. The summed E-state index contributed by atoms with van der Waals surface area (Å²) in [6.07, 6.45) is 0. The van der Waals surface area contributed by atoms with Crippen LogP contribution in [-0.4, -0.2) is 43.5 Å². The van der Waals surface area contributed by atoms with E-state index in [4.69, 9.17) is 11.6 Å². The molecule has 1 aliphatic heterocycles. The van der Waals surface area contributed by atoms with E-state index in [1.807, 2.05) is 12.1 Å². The van der Waals surface area contributed by atoms with Crippen molar-refractivity contribution in [2.24, 2.45) is 0 Å². The number of tetrazole rings is 1. The Morgan fingerprint density at radius 2 is 1.44 bits per heavy atom. The van der Waals surface area contributed by atoms with Crippen LogP contribution in [0.15, 0.2) is 48.5 Å². The van der Waals surface area contributed by atoms with Gasteiger partial charge in [0, 0.05) is 5.56 Å². The molecular weight excluding hydrogens is 342 g/mol. The van der Waals surface area contributed by atoms with Crippen LogP contribution in [0.4, 0.5) is 0 Å². The Balaban J connectivity index is 1.49. The lowest BCUT2D eigenvalue weighted by Gasteiger charge is -2.12. The van der Waals surface area contributed by atoms with Crippen molar-refractivity contribution < 1.29 is 9.59 Å². The molecule has 0 atom stereocenters. The van der Waals surface area contributed by atoms with Gasteiger partial charge in [0.15, 0.2) is 0 Å². The minimum absolute atomic E-state index is 0.171. The minimum Gasteiger partial charge on any atom is -0.272 e. The summed E-state index contributed by atoms with van der Waals surface area (Å²) in [7, 11) is 0. The molecule has 0 aliphatic carbocycles. The Bertz CT molecular complexity index is 949. The summed E-state index contributed by atoms with van der Waals surface area (Å²) < 4.78 is 0. The molecule has 0 fully saturated rings. The lowest BCUT2D eigenvalue weighted by molar-refractivity contribution is 0.0645. The Morgan fingerprint density at radius 1 is 0.840 bits per heavy atom. The van der Waals surface area contributed by atoms with E-state index in [0.717, 1.165) is 0 Å². The zero-order valence-corrected chi connectivity index (χ0v) is 13.7. The molecule has 1 aromatic heterocycles. The first kappa shape index (κ1) is 15.5. The number of carbonyl (C=O) groups is 2. The number of fused-ring (bicyclic) bond motifs is 1. The number of amides is 2. The number of hydrogen-bond acceptors (Lipinski definition) is 5. The molecule has 2 heterocycles. The van der Waals surface area contributed by atoms with Gasteiger partial charge in [-0.1, -0.05) is 35.9 Å². The molecule has 7 nitrogen and oxygen atoms in total. The summed E-state index contributed by atoms with van der Waals surface area (Å²) in [6.45, 7) is 0.424. The lowest BCUT2D eigenvalue weighted by Crippen LogP contribution is -2.33. The van der Waals surface area contributed by atoms with Gasteiger partial charge in [0.25, 0.3) is 11.8 Å². The van der Waals surface area contributed by atoms with Gasteiger partial charge in [-0.2, -0.15) is 4.80 Å². The molecule has 0 N–H and O–H groups in total. The summed E-state index contributed by atoms with van der Waals surface area (Å²) in [5.41, 5.74) is 1.53. The SMILES string of the molecule is O=C1c2ccccc2C(=O)N1CCn1nnc(-c2ccccc2Cl)n1. The number of imide groups is 1. The standard InChI is InChI=1S/C17H12ClN5O2/c18-14-8-4-3-7-13(14)15-19-21-23(20-15)10-9-22-16(24)11-5-1-2-6-12(11)17(22)25/h1-8H,9-10H2. The Hall–Kier alpha value is -3.06. The molecule has 8 heteroatoms. The highest BCUT2D eigenvalue weighted by Gasteiger charge is 2.34. The van der Waals surface area contributed by atoms with Gasteiger partial charge in [-0.3, -0.25) is 14.5 Å². The largest absolute Gasteiger partial charge is 0.272 e. The average Bonchev–Trinajstić information content (AvgIpc) is 3.19. The summed E-state index contributed by atoms with van der Waals surface area (Å²) in [5.74, 6) is -0.202. The maximum Gasteiger partial charge on any atom is 0.261 e. The van der Waals surface area contributed by atoms with E-state index < -0.39 is 0 Å². The quantitative estimate of drug-likeness (QED) is 0.672. The maximum atomic E-state index is 12.3. The summed E-state index contributed by atoms with van der Waals surface area (Å²) in [6, 6.07) is 14.0. The van der Waals surface area contributed by atoms with Crippen LogP contribution in [0.1, 0.15) is 20.7 Å². The highest BCUT2D eigenvalue weighted by Crippen LogP contribution is 2.24. The van der Waals surface area contributed by atoms with Crippen molar-refractivity contribution >= 4 is 23.4 Å². The first-order valence-corrected chi connectivity index (χ1v) is 8.01. The van der Waals surface area contributed by atoms with Gasteiger partial charge >= 0.3 is 0 Å². The van der Waals surface area contributed by atoms with Crippen LogP contribution in [0.25, 0.3) is 11.4 Å².